The molecule has 2 unspecified atom stereocenters. The zero-order chi connectivity index (χ0) is 96.8. The van der Waals surface area contributed by atoms with E-state index in [1.807, 2.05) is 121 Å². The molecule has 2 aliphatic carbocycles. The highest BCUT2D eigenvalue weighted by atomic mass is 32.2. The Morgan fingerprint density at radius 2 is 0.754 bits per heavy atom. The van der Waals surface area contributed by atoms with Crippen molar-refractivity contribution < 1.29 is 191 Å². The van der Waals surface area contributed by atoms with E-state index in [2.05, 4.69) is 37.1 Å². The lowest BCUT2D eigenvalue weighted by atomic mass is 9.87. The third kappa shape index (κ3) is 29.3. The van der Waals surface area contributed by atoms with Gasteiger partial charge < -0.3 is 18.9 Å². The molecule has 4 aromatic carbocycles. The number of hydrogen-bond donors (Lipinski definition) is 0. The number of unbranched alkanes of at least 4 members (excludes halogenated alkanes) is 1. The first-order valence-electron chi connectivity index (χ1n) is 37.5. The molecule has 6 aliphatic rings. The predicted octanol–water partition coefficient (Wildman–Crippen LogP) is 19.2. The minimum Gasteiger partial charge on any atom is -0.743 e. The number of ketones is 4. The number of carbonyl (C=O) groups is 4. The predicted molar refractivity (Wildman–Crippen MR) is 416 cm³/mol. The second kappa shape index (κ2) is 46.6. The van der Waals surface area contributed by atoms with E-state index in [0.717, 1.165) is 46.1 Å². The monoisotopic (exact) mass is 2010 g/mol. The van der Waals surface area contributed by atoms with Crippen molar-refractivity contribution in [3.05, 3.63) is 144 Å². The SMILES string of the molecule is CC(C(=O)c1ccccc1)[S+]1CCCC1.CC(C)(C(=O)c1ccccc1)[S+]1CCCC1.CCCCC(C(=O)c1ccccc1)[S+]1CCCC1.O=C(C[S+]1CCCC1)c1ccccc1.O=S(=O)([O-])C(F)(F)C(F)(F)C(F)(F)C(F)(F)F.O=S(=O)([O-])C(F)(F)C(F)(F)C(F)(F)C(F)(F)F.O=S(=O)([O-])C(F)(F)C(F)(F)C(F)(F)C(F)(F)F.[O-]OOSCC12CCC(CC1)C2. The highest BCUT2D eigenvalue weighted by molar-refractivity contribution is 7.99. The molecule has 0 amide bonds. The third-order valence-electron chi connectivity index (χ3n) is 20.1. The van der Waals surface area contributed by atoms with Gasteiger partial charge in [-0.15, -0.1) is 0 Å². The van der Waals surface area contributed by atoms with Crippen LogP contribution in [0.2, 0.25) is 0 Å². The number of fused-ring (bicyclic) bond motifs is 2. The Morgan fingerprint density at radius 1 is 0.444 bits per heavy atom. The number of carbonyl (C=O) groups excluding carboxylic acids is 4. The van der Waals surface area contributed by atoms with Gasteiger partial charge in [-0.25, -0.2) is 25.3 Å². The minimum absolute atomic E-state index is 0.169. The molecule has 4 aliphatic heterocycles. The van der Waals surface area contributed by atoms with Gasteiger partial charge in [-0.2, -0.15) is 123 Å². The van der Waals surface area contributed by atoms with Gasteiger partial charge in [-0.1, -0.05) is 135 Å². The van der Waals surface area contributed by atoms with Crippen molar-refractivity contribution in [3.8, 4) is 0 Å². The minimum atomic E-state index is -7.43. The summed E-state index contributed by atoms with van der Waals surface area (Å²) in [7, 11) is -20.9. The Bertz CT molecular complexity index is 4210. The fraction of sp³-hybridized carbons (Fsp3) is 0.627. The van der Waals surface area contributed by atoms with Crippen LogP contribution in [0.1, 0.15) is 172 Å². The van der Waals surface area contributed by atoms with Gasteiger partial charge in [-0.05, 0) is 155 Å². The number of Topliss-reactive ketones (excluding diaryl/α,β-unsaturated/α-hetero) is 4. The number of benzene rings is 4. The second-order valence-electron chi connectivity index (χ2n) is 29.4. The van der Waals surface area contributed by atoms with Crippen LogP contribution in [0.4, 0.5) is 119 Å². The van der Waals surface area contributed by atoms with Crippen molar-refractivity contribution in [2.24, 2.45) is 11.3 Å². The molecule has 2 saturated carbocycles. The Labute approximate surface area is 724 Å². The lowest BCUT2D eigenvalue weighted by Gasteiger charge is -2.34. The lowest BCUT2D eigenvalue weighted by molar-refractivity contribution is -0.777. The second-order valence-corrected chi connectivity index (χ2v) is 44.5. The van der Waals surface area contributed by atoms with Crippen LogP contribution in [0.3, 0.4) is 0 Å². The number of hydrogen-bond acceptors (Lipinski definition) is 17. The number of halogens is 27. The van der Waals surface area contributed by atoms with E-state index in [1.54, 1.807) is 0 Å². The Kier molecular flexibility index (Phi) is 42.6. The summed E-state index contributed by atoms with van der Waals surface area (Å²) in [5.74, 6) is -30.3. The maximum atomic E-state index is 12.6. The van der Waals surface area contributed by atoms with Crippen LogP contribution >= 0.6 is 12.0 Å². The van der Waals surface area contributed by atoms with Crippen LogP contribution in [-0.2, 0) is 83.3 Å². The van der Waals surface area contributed by atoms with E-state index in [-0.39, 0.29) is 20.9 Å². The van der Waals surface area contributed by atoms with Gasteiger partial charge in [0, 0.05) is 57.4 Å². The van der Waals surface area contributed by atoms with Crippen molar-refractivity contribution >= 4 is 109 Å². The van der Waals surface area contributed by atoms with Crippen molar-refractivity contribution in [1.82, 2.24) is 0 Å². The van der Waals surface area contributed by atoms with Gasteiger partial charge in [0.05, 0.1) is 0 Å². The summed E-state index contributed by atoms with van der Waals surface area (Å²) in [5, 5.41) is -7.92. The first-order valence-corrected chi connectivity index (χ1v) is 49.2. The van der Waals surface area contributed by atoms with E-state index in [0.29, 0.717) is 66.5 Å². The normalized spacial score (nSPS) is 19.2. The molecule has 10 rings (SSSR count). The summed E-state index contributed by atoms with van der Waals surface area (Å²) in [5.41, 5.74) is 4.02. The zero-order valence-electron chi connectivity index (χ0n) is 66.7. The van der Waals surface area contributed by atoms with Crippen molar-refractivity contribution in [2.45, 2.75) is 216 Å². The zero-order valence-corrected chi connectivity index (χ0v) is 73.2. The maximum Gasteiger partial charge on any atom is 0.460 e. The van der Waals surface area contributed by atoms with Crippen LogP contribution < -0.4 is 5.26 Å². The maximum absolute atomic E-state index is 12.6. The van der Waals surface area contributed by atoms with E-state index in [1.165, 1.54) is 154 Å². The summed E-state index contributed by atoms with van der Waals surface area (Å²) >= 11 is 1.17. The summed E-state index contributed by atoms with van der Waals surface area (Å²) in [4.78, 5) is 49.1. The first kappa shape index (κ1) is 115. The highest BCUT2D eigenvalue weighted by Gasteiger charge is 2.86. The average molecular weight is 2010 g/mol. The van der Waals surface area contributed by atoms with Crippen LogP contribution in [0.25, 0.3) is 0 Å². The molecule has 0 spiro atoms. The molecule has 4 saturated heterocycles. The van der Waals surface area contributed by atoms with Gasteiger partial charge in [0.25, 0.3) is 0 Å². The molecule has 2 bridgehead atoms. The van der Waals surface area contributed by atoms with Gasteiger partial charge in [0.15, 0.2) is 51.4 Å². The Hall–Kier alpha value is -4.97. The fourth-order valence-corrected chi connectivity index (χ4v) is 25.2. The smallest absolute Gasteiger partial charge is 0.460 e. The molecule has 720 valence electrons. The van der Waals surface area contributed by atoms with Crippen LogP contribution in [0.15, 0.2) is 121 Å². The van der Waals surface area contributed by atoms with Crippen LogP contribution in [0.5, 0.6) is 0 Å². The molecule has 0 radical (unpaired) electrons. The molecule has 0 N–H and O–H groups in total. The van der Waals surface area contributed by atoms with Crippen molar-refractivity contribution in [2.75, 3.05) is 57.5 Å². The highest BCUT2D eigenvalue weighted by Crippen LogP contribution is 2.59. The quantitative estimate of drug-likeness (QED) is 0.00746. The molecular weight excluding hydrogens is 1930 g/mol. The van der Waals surface area contributed by atoms with E-state index >= 15 is 0 Å². The summed E-state index contributed by atoms with van der Waals surface area (Å²) < 4.78 is 410. The molecule has 4 aromatic rings. The Balaban J connectivity index is 0.000000372. The standard InChI is InChI=1S/C16H23OS.C14H19OS.C13H17OS.C12H15OS.C8H14O3S.3C4HF9O3S/c1-2-3-11-15(18-12-7-8-13-18)16(17)14-9-5-4-6-10-14;1-14(2,16-10-6-7-11-16)13(15)12-8-4-3-5-9-12;1-11(15-9-5-6-10-15)13(14)12-7-3-2-4-8-12;13-12(10-14-8-4-5-9-14)11-6-2-1-3-7-11;9-10-11-12-6-8-3-1-7(5-8)2-4-8;3*5-1(6,3(9,10)11)2(7,8)4(12,13)17(14,15)16/h4-6,9-10,15H,2-3,7-8,11-13H2,1H3;3-5,8-9H,6-7,10-11H2,1-2H3;2-4,7-8,11H,5-6,9-10H2,1H3;1-3,6-7H,4-5,8-10H2;7,9H,1-6H2;3*(H,14,15,16)/q4*+1;;;;/p-4. The lowest BCUT2D eigenvalue weighted by Crippen LogP contribution is -2.63. The van der Waals surface area contributed by atoms with Crippen LogP contribution in [0, 0.1) is 11.3 Å². The molecule has 2 atom stereocenters. The molecule has 126 heavy (non-hydrogen) atoms. The molecule has 0 aromatic heterocycles. The van der Waals surface area contributed by atoms with Gasteiger partial charge in [0.2, 0.25) is 23.1 Å². The third-order valence-corrected chi connectivity index (χ3v) is 35.0. The van der Waals surface area contributed by atoms with E-state index < -0.39 is 100 Å². The first-order chi connectivity index (χ1) is 57.4. The molecule has 16 nitrogen and oxygen atoms in total. The molecular formula is C75H87F27O16S8. The summed E-state index contributed by atoms with van der Waals surface area (Å²) in [6.45, 7) is 8.55. The van der Waals surface area contributed by atoms with Gasteiger partial charge in [0.1, 0.15) is 46.0 Å². The average Bonchev–Trinajstić information content (AvgIpc) is 1.30. The Morgan fingerprint density at radius 3 is 1.06 bits per heavy atom. The molecule has 6 fully saturated rings. The summed E-state index contributed by atoms with van der Waals surface area (Å²) in [6, 6.07) is 39.0. The van der Waals surface area contributed by atoms with E-state index in [4.69, 9.17) is 0 Å². The van der Waals surface area contributed by atoms with Crippen molar-refractivity contribution in [3.63, 3.8) is 0 Å². The van der Waals surface area contributed by atoms with Crippen LogP contribution in [-0.4, -0.2) is 205 Å². The van der Waals surface area contributed by atoms with Gasteiger partial charge in [-0.3, -0.25) is 24.2 Å². The largest absolute Gasteiger partial charge is 0.743 e. The molecule has 51 heteroatoms. The van der Waals surface area contributed by atoms with E-state index in [9.17, 15) is 182 Å². The molecule has 4 heterocycles. The topological polar surface area (TPSA) is 281 Å². The fourth-order valence-electron chi connectivity index (χ4n) is 12.8. The summed E-state index contributed by atoms with van der Waals surface area (Å²) in [6.07, 6.45) is -0.776. The van der Waals surface area contributed by atoms with Gasteiger partial charge >= 0.3 is 69.8 Å². The van der Waals surface area contributed by atoms with Crippen molar-refractivity contribution in [1.29, 1.82) is 0 Å². The number of rotatable bonds is 28. The number of alkyl halides is 27.